The molecule has 0 aliphatic rings. The first-order valence-corrected chi connectivity index (χ1v) is 6.61. The fourth-order valence-corrected chi connectivity index (χ4v) is 2.02. The quantitative estimate of drug-likeness (QED) is 0.931. The normalized spacial score (nSPS) is 10.3. The summed E-state index contributed by atoms with van der Waals surface area (Å²) in [7, 11) is 0. The second-order valence-electron chi connectivity index (χ2n) is 4.36. The molecule has 0 saturated heterocycles. The summed E-state index contributed by atoms with van der Waals surface area (Å²) in [6.07, 6.45) is 0. The summed E-state index contributed by atoms with van der Waals surface area (Å²) in [4.78, 5) is 11.0. The van der Waals surface area contributed by atoms with E-state index in [-0.39, 0.29) is 0 Å². The Kier molecular flexibility index (Phi) is 3.90. The second kappa shape index (κ2) is 5.45. The molecule has 0 aromatic heterocycles. The monoisotopic (exact) mass is 319 g/mol. The van der Waals surface area contributed by atoms with E-state index in [9.17, 15) is 4.79 Å². The van der Waals surface area contributed by atoms with Crippen molar-refractivity contribution in [3.05, 3.63) is 57.6 Å². The number of hydrogen-bond acceptors (Lipinski definition) is 2. The first-order valence-electron chi connectivity index (χ1n) is 5.82. The molecule has 3 nitrogen and oxygen atoms in total. The van der Waals surface area contributed by atoms with E-state index in [4.69, 9.17) is 10.5 Å². The van der Waals surface area contributed by atoms with Crippen molar-refractivity contribution in [1.82, 2.24) is 0 Å². The highest BCUT2D eigenvalue weighted by atomic mass is 79.9. The number of amides is 1. The van der Waals surface area contributed by atoms with E-state index in [2.05, 4.69) is 15.9 Å². The molecule has 2 aromatic rings. The van der Waals surface area contributed by atoms with Crippen molar-refractivity contribution in [1.29, 1.82) is 0 Å². The predicted octanol–water partition coefficient (Wildman–Crippen LogP) is 3.96. The molecular weight excluding hydrogens is 306 g/mol. The van der Waals surface area contributed by atoms with Crippen LogP contribution >= 0.6 is 15.9 Å². The molecule has 0 aliphatic carbocycles. The molecule has 2 N–H and O–H groups in total. The largest absolute Gasteiger partial charge is 0.457 e. The molecule has 0 atom stereocenters. The lowest BCUT2D eigenvalue weighted by atomic mass is 10.1. The van der Waals surface area contributed by atoms with Gasteiger partial charge in [0.15, 0.2) is 0 Å². The lowest BCUT2D eigenvalue weighted by molar-refractivity contribution is 0.100. The highest BCUT2D eigenvalue weighted by Crippen LogP contribution is 2.29. The highest BCUT2D eigenvalue weighted by Gasteiger charge is 2.05. The van der Waals surface area contributed by atoms with Crippen LogP contribution in [-0.2, 0) is 0 Å². The molecule has 0 aliphatic heterocycles. The fourth-order valence-electron chi connectivity index (χ4n) is 1.79. The van der Waals surface area contributed by atoms with Gasteiger partial charge in [-0.2, -0.15) is 0 Å². The van der Waals surface area contributed by atoms with Crippen molar-refractivity contribution in [3.63, 3.8) is 0 Å². The van der Waals surface area contributed by atoms with Gasteiger partial charge < -0.3 is 10.5 Å². The molecule has 19 heavy (non-hydrogen) atoms. The first kappa shape index (κ1) is 13.6. The Labute approximate surface area is 120 Å². The van der Waals surface area contributed by atoms with Gasteiger partial charge in [-0.15, -0.1) is 0 Å². The summed E-state index contributed by atoms with van der Waals surface area (Å²) < 4.78 is 6.84. The minimum absolute atomic E-state index is 0.443. The van der Waals surface area contributed by atoms with Crippen molar-refractivity contribution < 1.29 is 9.53 Å². The number of nitrogens with two attached hydrogens (primary N) is 1. The number of halogens is 1. The number of aryl methyl sites for hydroxylation is 2. The fraction of sp³-hybridized carbons (Fsp3) is 0.133. The molecule has 0 spiro atoms. The Morgan fingerprint density at radius 3 is 2.05 bits per heavy atom. The van der Waals surface area contributed by atoms with E-state index in [1.165, 1.54) is 0 Å². The average molecular weight is 320 g/mol. The van der Waals surface area contributed by atoms with Gasteiger partial charge in [0.05, 0.1) is 0 Å². The van der Waals surface area contributed by atoms with Crippen LogP contribution in [0.1, 0.15) is 21.5 Å². The van der Waals surface area contributed by atoms with Crippen molar-refractivity contribution >= 4 is 21.8 Å². The Balaban J connectivity index is 2.24. The van der Waals surface area contributed by atoms with Crippen molar-refractivity contribution in [3.8, 4) is 11.5 Å². The van der Waals surface area contributed by atoms with Gasteiger partial charge in [-0.25, -0.2) is 0 Å². The molecule has 0 saturated carbocycles. The Hall–Kier alpha value is -1.81. The van der Waals surface area contributed by atoms with Gasteiger partial charge in [0.25, 0.3) is 0 Å². The van der Waals surface area contributed by atoms with E-state index < -0.39 is 5.91 Å². The Morgan fingerprint density at radius 2 is 1.58 bits per heavy atom. The molecule has 2 rings (SSSR count). The summed E-state index contributed by atoms with van der Waals surface area (Å²) in [5.74, 6) is 0.998. The molecular formula is C15H14BrNO2. The Morgan fingerprint density at radius 1 is 1.05 bits per heavy atom. The zero-order chi connectivity index (χ0) is 14.0. The highest BCUT2D eigenvalue weighted by molar-refractivity contribution is 9.10. The van der Waals surface area contributed by atoms with Crippen LogP contribution in [0.3, 0.4) is 0 Å². The van der Waals surface area contributed by atoms with Gasteiger partial charge in [-0.3, -0.25) is 4.79 Å². The number of primary amides is 1. The number of carbonyl (C=O) groups excluding carboxylic acids is 1. The molecule has 4 heteroatoms. The Bertz CT molecular complexity index is 598. The molecule has 0 bridgehead atoms. The standard InChI is InChI=1S/C15H14BrNO2/c1-9-7-13(8-10(2)14(9)16)19-12-5-3-11(4-6-12)15(17)18/h3-8H,1-2H3,(H2,17,18). The average Bonchev–Trinajstić information content (AvgIpc) is 2.36. The van der Waals surface area contributed by atoms with Crippen LogP contribution in [-0.4, -0.2) is 5.91 Å². The predicted molar refractivity (Wildman–Crippen MR) is 78.6 cm³/mol. The van der Waals surface area contributed by atoms with Crippen molar-refractivity contribution in [2.75, 3.05) is 0 Å². The van der Waals surface area contributed by atoms with E-state index in [0.29, 0.717) is 11.3 Å². The van der Waals surface area contributed by atoms with E-state index in [1.807, 2.05) is 26.0 Å². The number of carbonyl (C=O) groups is 1. The van der Waals surface area contributed by atoms with E-state index in [1.54, 1.807) is 24.3 Å². The molecule has 2 aromatic carbocycles. The topological polar surface area (TPSA) is 52.3 Å². The van der Waals surface area contributed by atoms with Crippen LogP contribution in [0.5, 0.6) is 11.5 Å². The van der Waals surface area contributed by atoms with Gasteiger partial charge >= 0.3 is 0 Å². The number of hydrogen-bond donors (Lipinski definition) is 1. The summed E-state index contributed by atoms with van der Waals surface area (Å²) in [6, 6.07) is 10.7. The van der Waals surface area contributed by atoms with Gasteiger partial charge in [0.2, 0.25) is 5.91 Å². The van der Waals surface area contributed by atoms with E-state index >= 15 is 0 Å². The van der Waals surface area contributed by atoms with Crippen molar-refractivity contribution in [2.45, 2.75) is 13.8 Å². The van der Waals surface area contributed by atoms with Crippen LogP contribution in [0.15, 0.2) is 40.9 Å². The third kappa shape index (κ3) is 3.15. The van der Waals surface area contributed by atoms with Crippen LogP contribution < -0.4 is 10.5 Å². The maximum absolute atomic E-state index is 11.0. The van der Waals surface area contributed by atoms with Crippen molar-refractivity contribution in [2.24, 2.45) is 5.73 Å². The minimum atomic E-state index is -0.443. The number of rotatable bonds is 3. The summed E-state index contributed by atoms with van der Waals surface area (Å²) >= 11 is 3.52. The number of ether oxygens (including phenoxy) is 1. The third-order valence-electron chi connectivity index (χ3n) is 2.78. The molecule has 98 valence electrons. The minimum Gasteiger partial charge on any atom is -0.457 e. The lowest BCUT2D eigenvalue weighted by Crippen LogP contribution is -2.10. The second-order valence-corrected chi connectivity index (χ2v) is 5.15. The van der Waals surface area contributed by atoms with Crippen LogP contribution in [0.4, 0.5) is 0 Å². The molecule has 0 fully saturated rings. The molecule has 1 amide bonds. The summed E-state index contributed by atoms with van der Waals surface area (Å²) in [6.45, 7) is 4.03. The summed E-state index contributed by atoms with van der Waals surface area (Å²) in [5.41, 5.74) is 7.89. The first-order chi connectivity index (χ1) is 8.97. The SMILES string of the molecule is Cc1cc(Oc2ccc(C(N)=O)cc2)cc(C)c1Br. The maximum Gasteiger partial charge on any atom is 0.248 e. The van der Waals surface area contributed by atoms with E-state index in [0.717, 1.165) is 21.3 Å². The van der Waals surface area contributed by atoms with Gasteiger partial charge in [-0.05, 0) is 61.4 Å². The van der Waals surface area contributed by atoms with Crippen LogP contribution in [0.2, 0.25) is 0 Å². The van der Waals surface area contributed by atoms with Crippen LogP contribution in [0.25, 0.3) is 0 Å². The molecule has 0 radical (unpaired) electrons. The third-order valence-corrected chi connectivity index (χ3v) is 4.04. The van der Waals surface area contributed by atoms with Crippen LogP contribution in [0, 0.1) is 13.8 Å². The zero-order valence-corrected chi connectivity index (χ0v) is 12.3. The smallest absolute Gasteiger partial charge is 0.248 e. The van der Waals surface area contributed by atoms with Gasteiger partial charge in [-0.1, -0.05) is 15.9 Å². The van der Waals surface area contributed by atoms with Gasteiger partial charge in [0.1, 0.15) is 11.5 Å². The maximum atomic E-state index is 11.0. The number of benzene rings is 2. The summed E-state index contributed by atoms with van der Waals surface area (Å²) in [5, 5.41) is 0. The van der Waals surface area contributed by atoms with Gasteiger partial charge in [0, 0.05) is 10.0 Å². The zero-order valence-electron chi connectivity index (χ0n) is 10.7. The molecule has 0 heterocycles. The lowest BCUT2D eigenvalue weighted by Gasteiger charge is -2.10. The molecule has 0 unspecified atom stereocenters.